The van der Waals surface area contributed by atoms with E-state index in [1.54, 1.807) is 12.4 Å². The summed E-state index contributed by atoms with van der Waals surface area (Å²) in [6.07, 6.45) is 5.69. The minimum atomic E-state index is 0.152. The minimum Gasteiger partial charge on any atom is -0.490 e. The van der Waals surface area contributed by atoms with Gasteiger partial charge in [-0.15, -0.1) is 0 Å². The molecule has 1 amide bonds. The molecule has 8 nitrogen and oxygen atoms in total. The van der Waals surface area contributed by atoms with Crippen LogP contribution in [0.2, 0.25) is 0 Å². The Labute approximate surface area is 161 Å². The molecular formula is C19H30N6O2. The van der Waals surface area contributed by atoms with Crippen molar-refractivity contribution < 1.29 is 9.53 Å². The van der Waals surface area contributed by atoms with E-state index in [9.17, 15) is 4.79 Å². The normalized spacial score (nSPS) is 18.3. The van der Waals surface area contributed by atoms with Gasteiger partial charge in [0.05, 0.1) is 19.3 Å². The van der Waals surface area contributed by atoms with Crippen LogP contribution in [-0.2, 0) is 4.79 Å². The summed E-state index contributed by atoms with van der Waals surface area (Å²) in [6, 6.07) is 4.17. The number of guanidine groups is 1. The molecule has 0 spiro atoms. The third-order valence-corrected chi connectivity index (χ3v) is 4.57. The smallest absolute Gasteiger partial charge is 0.234 e. The lowest BCUT2D eigenvalue weighted by Crippen LogP contribution is -2.54. The fraction of sp³-hybridized carbons (Fsp3) is 0.632. The van der Waals surface area contributed by atoms with E-state index in [4.69, 9.17) is 4.74 Å². The zero-order valence-corrected chi connectivity index (χ0v) is 16.1. The summed E-state index contributed by atoms with van der Waals surface area (Å²) in [7, 11) is 0. The lowest BCUT2D eigenvalue weighted by Gasteiger charge is -2.36. The van der Waals surface area contributed by atoms with Crippen LogP contribution in [0, 0.1) is 0 Å². The van der Waals surface area contributed by atoms with Crippen molar-refractivity contribution in [3.8, 4) is 5.75 Å². The number of ether oxygens (including phenoxy) is 1. The van der Waals surface area contributed by atoms with Gasteiger partial charge in [-0.1, -0.05) is 0 Å². The largest absolute Gasteiger partial charge is 0.490 e. The molecule has 2 heterocycles. The van der Waals surface area contributed by atoms with Crippen molar-refractivity contribution in [1.82, 2.24) is 25.4 Å². The molecule has 2 fully saturated rings. The topological polar surface area (TPSA) is 82.1 Å². The van der Waals surface area contributed by atoms with Gasteiger partial charge in [-0.2, -0.15) is 0 Å². The molecule has 0 atom stereocenters. The van der Waals surface area contributed by atoms with Crippen LogP contribution < -0.4 is 15.4 Å². The number of nitrogens with one attached hydrogen (secondary N) is 2. The number of hydrogen-bond donors (Lipinski definition) is 2. The SMILES string of the molecule is CCNC(=NCCOc1cccnc1)N1CCN(CC(=O)NC2CC2)CC1. The number of rotatable bonds is 8. The van der Waals surface area contributed by atoms with Crippen LogP contribution in [0.4, 0.5) is 0 Å². The van der Waals surface area contributed by atoms with Crippen LogP contribution >= 0.6 is 0 Å². The molecule has 2 aliphatic rings. The summed E-state index contributed by atoms with van der Waals surface area (Å²) in [5.74, 6) is 1.82. The molecule has 1 saturated carbocycles. The predicted molar refractivity (Wildman–Crippen MR) is 105 cm³/mol. The zero-order valence-electron chi connectivity index (χ0n) is 16.1. The first kappa shape index (κ1) is 19.4. The summed E-state index contributed by atoms with van der Waals surface area (Å²) < 4.78 is 5.65. The highest BCUT2D eigenvalue weighted by molar-refractivity contribution is 5.80. The zero-order chi connectivity index (χ0) is 18.9. The Morgan fingerprint density at radius 1 is 1.33 bits per heavy atom. The van der Waals surface area contributed by atoms with E-state index in [0.29, 0.717) is 25.7 Å². The highest BCUT2D eigenvalue weighted by atomic mass is 16.5. The molecule has 27 heavy (non-hydrogen) atoms. The van der Waals surface area contributed by atoms with Crippen LogP contribution in [0.5, 0.6) is 5.75 Å². The first-order valence-electron chi connectivity index (χ1n) is 9.82. The monoisotopic (exact) mass is 374 g/mol. The lowest BCUT2D eigenvalue weighted by molar-refractivity contribution is -0.122. The minimum absolute atomic E-state index is 0.152. The Balaban J connectivity index is 1.40. The fourth-order valence-corrected chi connectivity index (χ4v) is 3.00. The summed E-state index contributed by atoms with van der Waals surface area (Å²) in [6.45, 7) is 7.97. The van der Waals surface area contributed by atoms with Gasteiger partial charge in [-0.05, 0) is 31.9 Å². The third kappa shape index (κ3) is 6.71. The molecule has 0 bridgehead atoms. The number of pyridine rings is 1. The molecule has 2 N–H and O–H groups in total. The van der Waals surface area contributed by atoms with E-state index in [1.165, 1.54) is 0 Å². The van der Waals surface area contributed by atoms with Crippen LogP contribution in [-0.4, -0.2) is 85.1 Å². The van der Waals surface area contributed by atoms with Crippen LogP contribution in [0.3, 0.4) is 0 Å². The highest BCUT2D eigenvalue weighted by Crippen LogP contribution is 2.18. The maximum Gasteiger partial charge on any atom is 0.234 e. The van der Waals surface area contributed by atoms with Gasteiger partial charge >= 0.3 is 0 Å². The van der Waals surface area contributed by atoms with Crippen molar-refractivity contribution in [3.05, 3.63) is 24.5 Å². The molecule has 0 radical (unpaired) electrons. The molecule has 0 aromatic carbocycles. The van der Waals surface area contributed by atoms with Gasteiger partial charge in [-0.25, -0.2) is 4.99 Å². The van der Waals surface area contributed by atoms with E-state index >= 15 is 0 Å². The fourth-order valence-electron chi connectivity index (χ4n) is 3.00. The Morgan fingerprint density at radius 2 is 2.15 bits per heavy atom. The van der Waals surface area contributed by atoms with E-state index < -0.39 is 0 Å². The molecule has 1 aromatic rings. The molecule has 8 heteroatoms. The first-order chi connectivity index (χ1) is 13.2. The van der Waals surface area contributed by atoms with Crippen LogP contribution in [0.25, 0.3) is 0 Å². The molecule has 0 unspecified atom stereocenters. The molecule has 1 aliphatic carbocycles. The average molecular weight is 374 g/mol. The molecule has 1 saturated heterocycles. The number of amides is 1. The summed E-state index contributed by atoms with van der Waals surface area (Å²) in [5, 5.41) is 6.41. The quantitative estimate of drug-likeness (QED) is 0.388. The number of piperazine rings is 1. The number of hydrogen-bond acceptors (Lipinski definition) is 5. The summed E-state index contributed by atoms with van der Waals surface area (Å²) in [4.78, 5) is 25.1. The van der Waals surface area contributed by atoms with Crippen molar-refractivity contribution in [1.29, 1.82) is 0 Å². The van der Waals surface area contributed by atoms with Gasteiger partial charge < -0.3 is 20.3 Å². The second-order valence-corrected chi connectivity index (χ2v) is 6.88. The molecule has 1 aliphatic heterocycles. The van der Waals surface area contributed by atoms with Crippen molar-refractivity contribution in [2.45, 2.75) is 25.8 Å². The van der Waals surface area contributed by atoms with Crippen molar-refractivity contribution in [2.24, 2.45) is 4.99 Å². The summed E-state index contributed by atoms with van der Waals surface area (Å²) >= 11 is 0. The molecule has 3 rings (SSSR count). The highest BCUT2D eigenvalue weighted by Gasteiger charge is 2.25. The number of aromatic nitrogens is 1. The average Bonchev–Trinajstić information content (AvgIpc) is 3.49. The predicted octanol–water partition coefficient (Wildman–Crippen LogP) is 0.322. The molecule has 1 aromatic heterocycles. The van der Waals surface area contributed by atoms with E-state index in [-0.39, 0.29) is 5.91 Å². The Bertz CT molecular complexity index is 612. The van der Waals surface area contributed by atoms with Crippen LogP contribution in [0.1, 0.15) is 19.8 Å². The maximum atomic E-state index is 12.0. The lowest BCUT2D eigenvalue weighted by atomic mass is 10.3. The van der Waals surface area contributed by atoms with Gasteiger partial charge in [0.15, 0.2) is 5.96 Å². The van der Waals surface area contributed by atoms with E-state index in [0.717, 1.165) is 57.3 Å². The standard InChI is InChI=1S/C19H30N6O2/c1-2-21-19(22-8-13-27-17-4-3-7-20-14-17)25-11-9-24(10-12-25)15-18(26)23-16-5-6-16/h3-4,7,14,16H,2,5-6,8-13,15H2,1H3,(H,21,22)(H,23,26). The van der Waals surface area contributed by atoms with E-state index in [2.05, 4.69) is 37.3 Å². The van der Waals surface area contributed by atoms with Gasteiger partial charge in [0.2, 0.25) is 5.91 Å². The number of carbonyl (C=O) groups is 1. The Kier molecular flexibility index (Phi) is 7.27. The number of nitrogens with zero attached hydrogens (tertiary/aromatic N) is 4. The molecular weight excluding hydrogens is 344 g/mol. The van der Waals surface area contributed by atoms with Crippen molar-refractivity contribution in [2.75, 3.05) is 52.4 Å². The number of carbonyl (C=O) groups excluding carboxylic acids is 1. The molecule has 148 valence electrons. The van der Waals surface area contributed by atoms with Gasteiger partial charge in [0, 0.05) is 45.0 Å². The number of aliphatic imine (C=N–C) groups is 1. The van der Waals surface area contributed by atoms with Crippen molar-refractivity contribution >= 4 is 11.9 Å². The second-order valence-electron chi connectivity index (χ2n) is 6.88. The van der Waals surface area contributed by atoms with Crippen molar-refractivity contribution in [3.63, 3.8) is 0 Å². The van der Waals surface area contributed by atoms with Gasteiger partial charge in [0.1, 0.15) is 12.4 Å². The first-order valence-corrected chi connectivity index (χ1v) is 9.82. The maximum absolute atomic E-state index is 12.0. The van der Waals surface area contributed by atoms with E-state index in [1.807, 2.05) is 12.1 Å². The van der Waals surface area contributed by atoms with Crippen LogP contribution in [0.15, 0.2) is 29.5 Å². The van der Waals surface area contributed by atoms with Gasteiger partial charge in [-0.3, -0.25) is 14.7 Å². The second kappa shape index (κ2) is 10.1. The third-order valence-electron chi connectivity index (χ3n) is 4.57. The Hall–Kier alpha value is -2.35. The van der Waals surface area contributed by atoms with Gasteiger partial charge in [0.25, 0.3) is 0 Å². The Morgan fingerprint density at radius 3 is 2.81 bits per heavy atom. The summed E-state index contributed by atoms with van der Waals surface area (Å²) in [5.41, 5.74) is 0.